The summed E-state index contributed by atoms with van der Waals surface area (Å²) in [6.07, 6.45) is 0. The van der Waals surface area contributed by atoms with Crippen molar-refractivity contribution in [2.45, 2.75) is 6.92 Å². The van der Waals surface area contributed by atoms with Gasteiger partial charge < -0.3 is 4.98 Å². The van der Waals surface area contributed by atoms with Crippen molar-refractivity contribution in [2.24, 2.45) is 0 Å². The summed E-state index contributed by atoms with van der Waals surface area (Å²) in [6.45, 7) is 1.99. The van der Waals surface area contributed by atoms with Gasteiger partial charge in [0.15, 0.2) is 4.77 Å². The molecule has 0 spiro atoms. The molecule has 1 aromatic carbocycles. The summed E-state index contributed by atoms with van der Waals surface area (Å²) >= 11 is 6.70. The molecule has 3 aromatic rings. The molecule has 2 heterocycles. The number of nitrogens with one attached hydrogen (secondary N) is 1. The molecule has 0 fully saturated rings. The minimum Gasteiger partial charge on any atom is -0.331 e. The summed E-state index contributed by atoms with van der Waals surface area (Å²) in [5.41, 5.74) is 2.64. The Labute approximate surface area is 112 Å². The second kappa shape index (κ2) is 4.19. The van der Waals surface area contributed by atoms with Gasteiger partial charge in [0.25, 0.3) is 5.56 Å². The first-order valence-electron chi connectivity index (χ1n) is 5.46. The lowest BCUT2D eigenvalue weighted by Gasteiger charge is -2.06. The van der Waals surface area contributed by atoms with E-state index in [2.05, 4.69) is 4.98 Å². The SMILES string of the molecule is Cc1cccc(-n2c(=S)[nH]c3ccsc3c2=O)c1. The molecule has 1 N–H and O–H groups in total. The highest BCUT2D eigenvalue weighted by Crippen LogP contribution is 2.16. The number of H-pyrrole nitrogens is 1. The quantitative estimate of drug-likeness (QED) is 0.690. The van der Waals surface area contributed by atoms with Crippen LogP contribution in [0.3, 0.4) is 0 Å². The first-order chi connectivity index (χ1) is 8.66. The van der Waals surface area contributed by atoms with Gasteiger partial charge in [-0.25, -0.2) is 0 Å². The Kier molecular flexibility index (Phi) is 2.65. The summed E-state index contributed by atoms with van der Waals surface area (Å²) in [7, 11) is 0. The van der Waals surface area contributed by atoms with Crippen molar-refractivity contribution < 1.29 is 0 Å². The molecule has 0 aliphatic heterocycles. The van der Waals surface area contributed by atoms with E-state index in [-0.39, 0.29) is 5.56 Å². The number of rotatable bonds is 1. The molecule has 0 amide bonds. The number of aromatic nitrogens is 2. The Balaban J connectivity index is 2.42. The van der Waals surface area contributed by atoms with Crippen LogP contribution < -0.4 is 5.56 Å². The van der Waals surface area contributed by atoms with Crippen molar-refractivity contribution in [3.63, 3.8) is 0 Å². The van der Waals surface area contributed by atoms with Gasteiger partial charge in [-0.2, -0.15) is 0 Å². The zero-order valence-corrected chi connectivity index (χ0v) is 11.3. The average molecular weight is 274 g/mol. The van der Waals surface area contributed by atoms with Crippen LogP contribution in [0.5, 0.6) is 0 Å². The fourth-order valence-corrected chi connectivity index (χ4v) is 3.02. The Hall–Kier alpha value is -1.72. The molecule has 0 saturated carbocycles. The van der Waals surface area contributed by atoms with Crippen LogP contribution in [0.4, 0.5) is 0 Å². The van der Waals surface area contributed by atoms with Gasteiger partial charge in [0.05, 0.1) is 11.2 Å². The number of hydrogen-bond donors (Lipinski definition) is 1. The maximum absolute atomic E-state index is 12.4. The predicted octanol–water partition coefficient (Wildman–Crippen LogP) is 3.42. The topological polar surface area (TPSA) is 37.8 Å². The van der Waals surface area contributed by atoms with Crippen LogP contribution in [0.1, 0.15) is 5.56 Å². The highest BCUT2D eigenvalue weighted by Gasteiger charge is 2.08. The standard InChI is InChI=1S/C13H10N2OS2/c1-8-3-2-4-9(7-8)15-12(16)11-10(5-6-18-11)14-13(15)17/h2-7H,1H3,(H,14,17). The number of benzene rings is 1. The van der Waals surface area contributed by atoms with E-state index >= 15 is 0 Å². The van der Waals surface area contributed by atoms with Gasteiger partial charge in [-0.1, -0.05) is 12.1 Å². The molecule has 5 heteroatoms. The van der Waals surface area contributed by atoms with E-state index in [0.29, 0.717) is 9.47 Å². The van der Waals surface area contributed by atoms with Crippen molar-refractivity contribution in [3.8, 4) is 5.69 Å². The lowest BCUT2D eigenvalue weighted by atomic mass is 10.2. The number of fused-ring (bicyclic) bond motifs is 1. The highest BCUT2D eigenvalue weighted by atomic mass is 32.1. The first kappa shape index (κ1) is 11.4. The third kappa shape index (κ3) is 1.72. The minimum absolute atomic E-state index is 0.0608. The zero-order valence-electron chi connectivity index (χ0n) is 9.64. The van der Waals surface area contributed by atoms with Gasteiger partial charge in [-0.05, 0) is 48.3 Å². The van der Waals surface area contributed by atoms with Gasteiger partial charge in [-0.3, -0.25) is 9.36 Å². The summed E-state index contributed by atoms with van der Waals surface area (Å²) in [5.74, 6) is 0. The Morgan fingerprint density at radius 2 is 2.17 bits per heavy atom. The number of thiophene rings is 1. The third-order valence-electron chi connectivity index (χ3n) is 2.77. The van der Waals surface area contributed by atoms with E-state index in [4.69, 9.17) is 12.2 Å². The fraction of sp³-hybridized carbons (Fsp3) is 0.0769. The van der Waals surface area contributed by atoms with Crippen molar-refractivity contribution in [3.05, 3.63) is 56.4 Å². The summed E-state index contributed by atoms with van der Waals surface area (Å²) < 4.78 is 2.67. The fourth-order valence-electron chi connectivity index (χ4n) is 1.94. The molecule has 0 unspecified atom stereocenters. The van der Waals surface area contributed by atoms with Gasteiger partial charge in [-0.15, -0.1) is 11.3 Å². The van der Waals surface area contributed by atoms with E-state index in [1.165, 1.54) is 11.3 Å². The smallest absolute Gasteiger partial charge is 0.276 e. The molecule has 18 heavy (non-hydrogen) atoms. The van der Waals surface area contributed by atoms with Crippen LogP contribution in [-0.4, -0.2) is 9.55 Å². The van der Waals surface area contributed by atoms with Crippen LogP contribution in [0.2, 0.25) is 0 Å². The molecule has 0 aliphatic carbocycles. The highest BCUT2D eigenvalue weighted by molar-refractivity contribution is 7.71. The molecule has 0 aliphatic rings. The Morgan fingerprint density at radius 1 is 1.33 bits per heavy atom. The molecular weight excluding hydrogens is 264 g/mol. The zero-order chi connectivity index (χ0) is 12.7. The van der Waals surface area contributed by atoms with Crippen molar-refractivity contribution in [2.75, 3.05) is 0 Å². The second-order valence-corrected chi connectivity index (χ2v) is 5.38. The normalized spacial score (nSPS) is 10.9. The Morgan fingerprint density at radius 3 is 2.94 bits per heavy atom. The minimum atomic E-state index is -0.0608. The molecule has 0 atom stereocenters. The van der Waals surface area contributed by atoms with E-state index in [9.17, 15) is 4.79 Å². The van der Waals surface area contributed by atoms with E-state index in [1.54, 1.807) is 4.57 Å². The van der Waals surface area contributed by atoms with E-state index in [1.807, 2.05) is 42.6 Å². The number of aromatic amines is 1. The number of aryl methyl sites for hydroxylation is 1. The largest absolute Gasteiger partial charge is 0.331 e. The van der Waals surface area contributed by atoms with Crippen LogP contribution in [-0.2, 0) is 0 Å². The third-order valence-corrected chi connectivity index (χ3v) is 3.95. The first-order valence-corrected chi connectivity index (χ1v) is 6.75. The predicted molar refractivity (Wildman–Crippen MR) is 77.3 cm³/mol. The van der Waals surface area contributed by atoms with Crippen molar-refractivity contribution >= 4 is 33.8 Å². The maximum atomic E-state index is 12.4. The molecule has 0 radical (unpaired) electrons. The lowest BCUT2D eigenvalue weighted by molar-refractivity contribution is 0.942. The lowest BCUT2D eigenvalue weighted by Crippen LogP contribution is -2.19. The van der Waals surface area contributed by atoms with Crippen molar-refractivity contribution in [1.82, 2.24) is 9.55 Å². The van der Waals surface area contributed by atoms with Crippen molar-refractivity contribution in [1.29, 1.82) is 0 Å². The van der Waals surface area contributed by atoms with Crippen LogP contribution in [0.25, 0.3) is 15.9 Å². The monoisotopic (exact) mass is 274 g/mol. The van der Waals surface area contributed by atoms with Crippen LogP contribution in [0.15, 0.2) is 40.5 Å². The molecule has 3 nitrogen and oxygen atoms in total. The average Bonchev–Trinajstić information content (AvgIpc) is 2.77. The van der Waals surface area contributed by atoms with Gasteiger partial charge in [0.2, 0.25) is 0 Å². The second-order valence-electron chi connectivity index (χ2n) is 4.07. The molecule has 90 valence electrons. The number of nitrogens with zero attached hydrogens (tertiary/aromatic N) is 1. The molecule has 2 aromatic heterocycles. The van der Waals surface area contributed by atoms with Crippen LogP contribution in [0, 0.1) is 11.7 Å². The Bertz CT molecular complexity index is 842. The van der Waals surface area contributed by atoms with Gasteiger partial charge >= 0.3 is 0 Å². The summed E-state index contributed by atoms with van der Waals surface area (Å²) in [6, 6.07) is 9.62. The molecule has 0 saturated heterocycles. The molecular formula is C13H10N2OS2. The number of hydrogen-bond acceptors (Lipinski definition) is 3. The van der Waals surface area contributed by atoms with E-state index in [0.717, 1.165) is 16.8 Å². The van der Waals surface area contributed by atoms with Gasteiger partial charge in [0, 0.05) is 0 Å². The maximum Gasteiger partial charge on any atom is 0.276 e. The van der Waals surface area contributed by atoms with E-state index < -0.39 is 0 Å². The summed E-state index contributed by atoms with van der Waals surface area (Å²) in [4.78, 5) is 15.5. The molecule has 0 bridgehead atoms. The summed E-state index contributed by atoms with van der Waals surface area (Å²) in [5, 5.41) is 1.89. The van der Waals surface area contributed by atoms with Gasteiger partial charge in [0.1, 0.15) is 4.70 Å². The molecule has 3 rings (SSSR count). The van der Waals surface area contributed by atoms with Crippen LogP contribution >= 0.6 is 23.6 Å².